The molecule has 1 N–H and O–H groups in total. The third kappa shape index (κ3) is 4.09. The van der Waals surface area contributed by atoms with Gasteiger partial charge in [0.1, 0.15) is 0 Å². The fraction of sp³-hybridized carbons (Fsp3) is 0.684. The Morgan fingerprint density at radius 1 is 1.05 bits per heavy atom. The molecule has 0 aromatic heterocycles. The lowest BCUT2D eigenvalue weighted by Crippen LogP contribution is -2.48. The van der Waals surface area contributed by atoms with Crippen molar-refractivity contribution in [3.05, 3.63) is 35.4 Å². The predicted molar refractivity (Wildman–Crippen MR) is 91.0 cm³/mol. The smallest absolute Gasteiger partial charge is 0.0664 e. The second kappa shape index (κ2) is 7.58. The van der Waals surface area contributed by atoms with E-state index in [1.807, 2.05) is 6.92 Å². The second-order valence-electron chi connectivity index (χ2n) is 7.01. The first-order valence-electron chi connectivity index (χ1n) is 8.96. The number of hydrogen-bond donors (Lipinski definition) is 1. The van der Waals surface area contributed by atoms with Crippen LogP contribution in [0.15, 0.2) is 24.3 Å². The summed E-state index contributed by atoms with van der Waals surface area (Å²) in [5.74, 6) is 0.836. The van der Waals surface area contributed by atoms with Crippen LogP contribution in [-0.2, 0) is 6.54 Å². The van der Waals surface area contributed by atoms with Gasteiger partial charge in [0.2, 0.25) is 0 Å². The summed E-state index contributed by atoms with van der Waals surface area (Å²) in [6.45, 7) is 8.33. The van der Waals surface area contributed by atoms with E-state index < -0.39 is 0 Å². The number of β-amino-alcohol motifs (C(OH)–C–C–N with tert-alkyl or cyclic N) is 1. The number of aliphatic hydroxyl groups is 1. The topological polar surface area (TPSA) is 26.7 Å². The molecule has 0 radical (unpaired) electrons. The molecule has 3 heteroatoms. The average molecular weight is 302 g/mol. The highest BCUT2D eigenvalue weighted by Crippen LogP contribution is 2.36. The Hall–Kier alpha value is -0.900. The molecule has 3 nitrogen and oxygen atoms in total. The Kier molecular flexibility index (Phi) is 5.51. The van der Waals surface area contributed by atoms with Crippen LogP contribution in [0.5, 0.6) is 0 Å². The highest BCUT2D eigenvalue weighted by molar-refractivity contribution is 5.26. The minimum atomic E-state index is -0.161. The molecule has 2 fully saturated rings. The van der Waals surface area contributed by atoms with Gasteiger partial charge in [-0.05, 0) is 36.3 Å². The Morgan fingerprint density at radius 2 is 1.68 bits per heavy atom. The zero-order valence-electron chi connectivity index (χ0n) is 13.9. The van der Waals surface area contributed by atoms with Gasteiger partial charge in [-0.2, -0.15) is 0 Å². The molecule has 122 valence electrons. The summed E-state index contributed by atoms with van der Waals surface area (Å²) in [6.07, 6.45) is 4.86. The molecule has 3 rings (SSSR count). The number of rotatable bonds is 6. The van der Waals surface area contributed by atoms with Crippen LogP contribution in [0.2, 0.25) is 0 Å². The van der Waals surface area contributed by atoms with Gasteiger partial charge in [-0.15, -0.1) is 0 Å². The molecule has 0 bridgehead atoms. The van der Waals surface area contributed by atoms with Gasteiger partial charge in [0.25, 0.3) is 0 Å². The Bertz CT molecular complexity index is 447. The largest absolute Gasteiger partial charge is 0.392 e. The van der Waals surface area contributed by atoms with Gasteiger partial charge in [0.05, 0.1) is 6.10 Å². The number of benzene rings is 1. The van der Waals surface area contributed by atoms with E-state index in [1.54, 1.807) is 0 Å². The molecule has 1 aromatic rings. The molecule has 0 unspecified atom stereocenters. The summed E-state index contributed by atoms with van der Waals surface area (Å²) in [6, 6.07) is 9.32. The summed E-state index contributed by atoms with van der Waals surface area (Å²) in [5, 5.41) is 9.75. The van der Waals surface area contributed by atoms with Crippen LogP contribution >= 0.6 is 0 Å². The van der Waals surface area contributed by atoms with Gasteiger partial charge in [0.15, 0.2) is 0 Å². The van der Waals surface area contributed by atoms with E-state index in [-0.39, 0.29) is 6.10 Å². The van der Waals surface area contributed by atoms with Crippen LogP contribution < -0.4 is 0 Å². The SMILES string of the molecule is CC[C@H](O)CN1CCN(Cc2ccc(C3CCC3)cc2)CC1. The molecule has 1 aliphatic heterocycles. The predicted octanol–water partition coefficient (Wildman–Crippen LogP) is 2.84. The third-order valence-electron chi connectivity index (χ3n) is 5.37. The zero-order valence-corrected chi connectivity index (χ0v) is 13.9. The molecule has 0 spiro atoms. The number of nitrogens with zero attached hydrogens (tertiary/aromatic N) is 2. The fourth-order valence-corrected chi connectivity index (χ4v) is 3.45. The highest BCUT2D eigenvalue weighted by Gasteiger charge is 2.20. The van der Waals surface area contributed by atoms with Crippen molar-refractivity contribution in [2.45, 2.75) is 51.2 Å². The first-order chi connectivity index (χ1) is 10.7. The highest BCUT2D eigenvalue weighted by atomic mass is 16.3. The summed E-state index contributed by atoms with van der Waals surface area (Å²) >= 11 is 0. The molecule has 1 aliphatic carbocycles. The van der Waals surface area contributed by atoms with Crippen molar-refractivity contribution >= 4 is 0 Å². The summed E-state index contributed by atoms with van der Waals surface area (Å²) in [7, 11) is 0. The second-order valence-corrected chi connectivity index (χ2v) is 7.01. The van der Waals surface area contributed by atoms with Crippen molar-refractivity contribution in [2.24, 2.45) is 0 Å². The standard InChI is InChI=1S/C19H30N2O/c1-2-19(22)15-21-12-10-20(11-13-21)14-16-6-8-18(9-7-16)17-4-3-5-17/h6-9,17,19,22H,2-5,10-15H2,1H3/t19-/m0/s1. The number of hydrogen-bond acceptors (Lipinski definition) is 3. The van der Waals surface area contributed by atoms with Gasteiger partial charge >= 0.3 is 0 Å². The quantitative estimate of drug-likeness (QED) is 0.875. The first-order valence-corrected chi connectivity index (χ1v) is 8.96. The van der Waals surface area contributed by atoms with Crippen LogP contribution in [-0.4, -0.2) is 53.7 Å². The lowest BCUT2D eigenvalue weighted by Gasteiger charge is -2.35. The maximum atomic E-state index is 9.75. The average Bonchev–Trinajstić information content (AvgIpc) is 2.49. The molecule has 2 aliphatic rings. The molecule has 0 amide bonds. The van der Waals surface area contributed by atoms with Gasteiger partial charge in [0, 0.05) is 39.3 Å². The van der Waals surface area contributed by atoms with Crippen LogP contribution in [0.3, 0.4) is 0 Å². The molecule has 1 saturated carbocycles. The summed E-state index contributed by atoms with van der Waals surface area (Å²) in [4.78, 5) is 4.93. The van der Waals surface area contributed by atoms with Crippen LogP contribution in [0.25, 0.3) is 0 Å². The van der Waals surface area contributed by atoms with Crippen molar-refractivity contribution in [3.63, 3.8) is 0 Å². The maximum Gasteiger partial charge on any atom is 0.0664 e. The molecule has 1 atom stereocenters. The Morgan fingerprint density at radius 3 is 2.23 bits per heavy atom. The molecule has 1 heterocycles. The van der Waals surface area contributed by atoms with E-state index in [1.165, 1.54) is 30.4 Å². The van der Waals surface area contributed by atoms with Crippen molar-refractivity contribution in [2.75, 3.05) is 32.7 Å². The van der Waals surface area contributed by atoms with E-state index in [4.69, 9.17) is 0 Å². The van der Waals surface area contributed by atoms with Crippen LogP contribution in [0.1, 0.15) is 49.7 Å². The molecular weight excluding hydrogens is 272 g/mol. The van der Waals surface area contributed by atoms with E-state index in [2.05, 4.69) is 34.1 Å². The number of aliphatic hydroxyl groups excluding tert-OH is 1. The van der Waals surface area contributed by atoms with Gasteiger partial charge < -0.3 is 5.11 Å². The minimum absolute atomic E-state index is 0.161. The fourth-order valence-electron chi connectivity index (χ4n) is 3.45. The third-order valence-corrected chi connectivity index (χ3v) is 5.37. The van der Waals surface area contributed by atoms with Gasteiger partial charge in [-0.3, -0.25) is 9.80 Å². The Labute approximate surface area is 134 Å². The van der Waals surface area contributed by atoms with Crippen LogP contribution in [0.4, 0.5) is 0 Å². The van der Waals surface area contributed by atoms with E-state index in [0.29, 0.717) is 0 Å². The van der Waals surface area contributed by atoms with E-state index in [9.17, 15) is 5.11 Å². The summed E-state index contributed by atoms with van der Waals surface area (Å²) in [5.41, 5.74) is 2.97. The molecule has 1 saturated heterocycles. The molecule has 22 heavy (non-hydrogen) atoms. The van der Waals surface area contributed by atoms with Gasteiger partial charge in [-0.25, -0.2) is 0 Å². The monoisotopic (exact) mass is 302 g/mol. The number of piperazine rings is 1. The Balaban J connectivity index is 1.44. The molecule has 1 aromatic carbocycles. The van der Waals surface area contributed by atoms with Crippen LogP contribution in [0, 0.1) is 0 Å². The van der Waals surface area contributed by atoms with Crippen molar-refractivity contribution in [1.82, 2.24) is 9.80 Å². The van der Waals surface area contributed by atoms with Crippen molar-refractivity contribution < 1.29 is 5.11 Å². The lowest BCUT2D eigenvalue weighted by molar-refractivity contribution is 0.0687. The van der Waals surface area contributed by atoms with Crippen molar-refractivity contribution in [3.8, 4) is 0 Å². The minimum Gasteiger partial charge on any atom is -0.392 e. The van der Waals surface area contributed by atoms with Crippen molar-refractivity contribution in [1.29, 1.82) is 0 Å². The van der Waals surface area contributed by atoms with E-state index in [0.717, 1.165) is 51.6 Å². The van der Waals surface area contributed by atoms with Gasteiger partial charge in [-0.1, -0.05) is 37.6 Å². The molecular formula is C19H30N2O. The zero-order chi connectivity index (χ0) is 15.4. The lowest BCUT2D eigenvalue weighted by atomic mass is 9.80. The first kappa shape index (κ1) is 16.0. The van der Waals surface area contributed by atoms with E-state index >= 15 is 0 Å². The maximum absolute atomic E-state index is 9.75. The summed E-state index contributed by atoms with van der Waals surface area (Å²) < 4.78 is 0. The normalized spacial score (nSPS) is 22.5.